The second-order valence-electron chi connectivity index (χ2n) is 4.92. The number of rotatable bonds is 9. The Morgan fingerprint density at radius 2 is 1.95 bits per heavy atom. The number of aliphatic hydroxyl groups is 1. The number of carbonyl (C=O) groups excluding carboxylic acids is 1. The Balaban J connectivity index is 4.26. The number of amides is 2. The molecule has 1 atom stereocenters. The highest BCUT2D eigenvalue weighted by atomic mass is 16.4. The van der Waals surface area contributed by atoms with Crippen molar-refractivity contribution in [2.24, 2.45) is 5.92 Å². The molecule has 0 saturated carbocycles. The van der Waals surface area contributed by atoms with Crippen molar-refractivity contribution in [3.8, 4) is 0 Å². The number of aliphatic hydroxyl groups excluding tert-OH is 1. The summed E-state index contributed by atoms with van der Waals surface area (Å²) in [6.07, 6.45) is 1.32. The van der Waals surface area contributed by atoms with E-state index in [4.69, 9.17) is 10.2 Å². The van der Waals surface area contributed by atoms with E-state index in [9.17, 15) is 9.59 Å². The zero-order valence-corrected chi connectivity index (χ0v) is 12.1. The number of hydrogen-bond acceptors (Lipinski definition) is 3. The average molecular weight is 274 g/mol. The maximum Gasteiger partial charge on any atom is 0.317 e. The highest BCUT2D eigenvalue weighted by Gasteiger charge is 2.18. The number of carboxylic acids is 1. The zero-order chi connectivity index (χ0) is 14.8. The molecule has 0 aliphatic rings. The van der Waals surface area contributed by atoms with Crippen LogP contribution in [0.2, 0.25) is 0 Å². The first-order valence-electron chi connectivity index (χ1n) is 6.79. The van der Waals surface area contributed by atoms with Crippen LogP contribution in [0.1, 0.15) is 40.0 Å². The Bertz CT molecular complexity index is 282. The number of carboxylic acid groups (broad SMARTS) is 1. The third-order valence-electron chi connectivity index (χ3n) is 3.02. The summed E-state index contributed by atoms with van der Waals surface area (Å²) in [6, 6.07) is -0.154. The van der Waals surface area contributed by atoms with Crippen molar-refractivity contribution < 1.29 is 19.8 Å². The van der Waals surface area contributed by atoms with Gasteiger partial charge in [0, 0.05) is 32.2 Å². The molecule has 6 nitrogen and oxygen atoms in total. The summed E-state index contributed by atoms with van der Waals surface area (Å²) in [5.74, 6) is -0.893. The average Bonchev–Trinajstić information content (AvgIpc) is 2.33. The summed E-state index contributed by atoms with van der Waals surface area (Å²) >= 11 is 0. The molecule has 0 fully saturated rings. The lowest BCUT2D eigenvalue weighted by Crippen LogP contribution is -2.46. The van der Waals surface area contributed by atoms with E-state index in [2.05, 4.69) is 5.32 Å². The molecule has 0 aliphatic carbocycles. The minimum Gasteiger partial charge on any atom is -0.481 e. The molecule has 0 aromatic carbocycles. The van der Waals surface area contributed by atoms with Gasteiger partial charge in [-0.15, -0.1) is 0 Å². The molecule has 0 aromatic heterocycles. The van der Waals surface area contributed by atoms with Crippen molar-refractivity contribution in [2.45, 2.75) is 46.1 Å². The standard InChI is InChI=1S/C13H26N2O4/c1-4-11(8-12(17)18)9-14-13(19)15(10(2)3)6-5-7-16/h10-11,16H,4-9H2,1-3H3,(H,14,19)(H,17,18). The zero-order valence-electron chi connectivity index (χ0n) is 12.1. The Kier molecular flexibility index (Phi) is 8.95. The van der Waals surface area contributed by atoms with Gasteiger partial charge in [-0.25, -0.2) is 4.79 Å². The van der Waals surface area contributed by atoms with Crippen LogP contribution in [0.25, 0.3) is 0 Å². The fraction of sp³-hybridized carbons (Fsp3) is 0.846. The highest BCUT2D eigenvalue weighted by Crippen LogP contribution is 2.07. The summed E-state index contributed by atoms with van der Waals surface area (Å²) in [5, 5.41) is 20.3. The molecule has 0 bridgehead atoms. The summed E-state index contributed by atoms with van der Waals surface area (Å²) in [4.78, 5) is 24.3. The lowest BCUT2D eigenvalue weighted by atomic mass is 10.0. The van der Waals surface area contributed by atoms with E-state index >= 15 is 0 Å². The molecule has 0 radical (unpaired) electrons. The molecule has 1 unspecified atom stereocenters. The Morgan fingerprint density at radius 3 is 2.37 bits per heavy atom. The van der Waals surface area contributed by atoms with Crippen LogP contribution >= 0.6 is 0 Å². The van der Waals surface area contributed by atoms with E-state index in [1.54, 1.807) is 4.90 Å². The molecule has 112 valence electrons. The van der Waals surface area contributed by atoms with Crippen molar-refractivity contribution in [1.82, 2.24) is 10.2 Å². The van der Waals surface area contributed by atoms with Crippen molar-refractivity contribution >= 4 is 12.0 Å². The van der Waals surface area contributed by atoms with E-state index < -0.39 is 5.97 Å². The van der Waals surface area contributed by atoms with E-state index in [-0.39, 0.29) is 31.0 Å². The van der Waals surface area contributed by atoms with Gasteiger partial charge in [-0.1, -0.05) is 13.3 Å². The second kappa shape index (κ2) is 9.61. The van der Waals surface area contributed by atoms with Gasteiger partial charge in [0.15, 0.2) is 0 Å². The van der Waals surface area contributed by atoms with Gasteiger partial charge in [0.1, 0.15) is 0 Å². The van der Waals surface area contributed by atoms with E-state index in [0.29, 0.717) is 25.9 Å². The summed E-state index contributed by atoms with van der Waals surface area (Å²) < 4.78 is 0. The van der Waals surface area contributed by atoms with Crippen molar-refractivity contribution in [3.05, 3.63) is 0 Å². The molecular weight excluding hydrogens is 248 g/mol. The predicted molar refractivity (Wildman–Crippen MR) is 73.0 cm³/mol. The van der Waals surface area contributed by atoms with Crippen LogP contribution in [0.4, 0.5) is 4.79 Å². The van der Waals surface area contributed by atoms with Gasteiger partial charge in [0.05, 0.1) is 0 Å². The number of nitrogens with one attached hydrogen (secondary N) is 1. The smallest absolute Gasteiger partial charge is 0.317 e. The molecule has 0 heterocycles. The predicted octanol–water partition coefficient (Wildman–Crippen LogP) is 1.29. The molecule has 19 heavy (non-hydrogen) atoms. The number of nitrogens with zero attached hydrogens (tertiary/aromatic N) is 1. The van der Waals surface area contributed by atoms with Crippen molar-refractivity contribution in [3.63, 3.8) is 0 Å². The van der Waals surface area contributed by atoms with Crippen molar-refractivity contribution in [1.29, 1.82) is 0 Å². The molecule has 2 amide bonds. The summed E-state index contributed by atoms with van der Waals surface area (Å²) in [5.41, 5.74) is 0. The quantitative estimate of drug-likeness (QED) is 0.591. The molecule has 0 aliphatic heterocycles. The van der Waals surface area contributed by atoms with Gasteiger partial charge in [0.2, 0.25) is 0 Å². The normalized spacial score (nSPS) is 12.3. The minimum absolute atomic E-state index is 0.0473. The second-order valence-corrected chi connectivity index (χ2v) is 4.92. The van der Waals surface area contributed by atoms with Gasteiger partial charge in [-0.3, -0.25) is 4.79 Å². The first kappa shape index (κ1) is 17.7. The molecule has 6 heteroatoms. The van der Waals surface area contributed by atoms with Crippen LogP contribution in [0, 0.1) is 5.92 Å². The fourth-order valence-electron chi connectivity index (χ4n) is 1.78. The van der Waals surface area contributed by atoms with E-state index in [0.717, 1.165) is 0 Å². The first-order valence-corrected chi connectivity index (χ1v) is 6.79. The van der Waals surface area contributed by atoms with Crippen LogP contribution in [-0.4, -0.2) is 52.9 Å². The maximum absolute atomic E-state index is 12.0. The Labute approximate surface area is 114 Å². The third-order valence-corrected chi connectivity index (χ3v) is 3.02. The third kappa shape index (κ3) is 7.66. The Hall–Kier alpha value is -1.30. The minimum atomic E-state index is -0.845. The highest BCUT2D eigenvalue weighted by molar-refractivity contribution is 5.74. The number of aliphatic carboxylic acids is 1. The van der Waals surface area contributed by atoms with Crippen LogP contribution in [-0.2, 0) is 4.79 Å². The SMILES string of the molecule is CCC(CNC(=O)N(CCCO)C(C)C)CC(=O)O. The number of carbonyl (C=O) groups is 2. The van der Waals surface area contributed by atoms with Gasteiger partial charge in [-0.2, -0.15) is 0 Å². The van der Waals surface area contributed by atoms with Gasteiger partial charge in [-0.05, 0) is 26.2 Å². The van der Waals surface area contributed by atoms with Crippen LogP contribution in [0.3, 0.4) is 0 Å². The Morgan fingerprint density at radius 1 is 1.32 bits per heavy atom. The maximum atomic E-state index is 12.0. The summed E-state index contributed by atoms with van der Waals surface area (Å²) in [7, 11) is 0. The van der Waals surface area contributed by atoms with Gasteiger partial charge < -0.3 is 20.4 Å². The van der Waals surface area contributed by atoms with Crippen LogP contribution in [0.5, 0.6) is 0 Å². The van der Waals surface area contributed by atoms with Crippen LogP contribution < -0.4 is 5.32 Å². The molecule has 0 spiro atoms. The fourth-order valence-corrected chi connectivity index (χ4v) is 1.78. The molecule has 0 aromatic rings. The number of hydrogen-bond donors (Lipinski definition) is 3. The van der Waals surface area contributed by atoms with E-state index in [1.165, 1.54) is 0 Å². The molecule has 3 N–H and O–H groups in total. The lowest BCUT2D eigenvalue weighted by Gasteiger charge is -2.27. The van der Waals surface area contributed by atoms with Gasteiger partial charge in [0.25, 0.3) is 0 Å². The van der Waals surface area contributed by atoms with Crippen LogP contribution in [0.15, 0.2) is 0 Å². The van der Waals surface area contributed by atoms with Crippen molar-refractivity contribution in [2.75, 3.05) is 19.7 Å². The monoisotopic (exact) mass is 274 g/mol. The number of urea groups is 1. The van der Waals surface area contributed by atoms with E-state index in [1.807, 2.05) is 20.8 Å². The molecule has 0 rings (SSSR count). The largest absolute Gasteiger partial charge is 0.481 e. The first-order chi connectivity index (χ1) is 8.92. The lowest BCUT2D eigenvalue weighted by molar-refractivity contribution is -0.138. The summed E-state index contributed by atoms with van der Waals surface area (Å²) in [6.45, 7) is 6.63. The molecule has 0 saturated heterocycles. The molecular formula is C13H26N2O4. The van der Waals surface area contributed by atoms with Gasteiger partial charge >= 0.3 is 12.0 Å². The topological polar surface area (TPSA) is 89.9 Å².